The highest BCUT2D eigenvalue weighted by Crippen LogP contribution is 2.30. The highest BCUT2D eigenvalue weighted by molar-refractivity contribution is 5.63. The molecule has 1 N–H and O–H groups in total. The Morgan fingerprint density at radius 1 is 1.26 bits per heavy atom. The smallest absolute Gasteiger partial charge is 0.230 e. The fraction of sp³-hybridized carbons (Fsp3) is 0.429. The molecule has 0 spiro atoms. The number of methoxy groups -OCH3 is 1. The van der Waals surface area contributed by atoms with Crippen LogP contribution in [0.5, 0.6) is 5.75 Å². The van der Waals surface area contributed by atoms with Crippen molar-refractivity contribution in [2.75, 3.05) is 20.2 Å². The van der Waals surface area contributed by atoms with Crippen molar-refractivity contribution in [3.8, 4) is 17.1 Å². The Kier molecular flexibility index (Phi) is 3.46. The van der Waals surface area contributed by atoms with Crippen molar-refractivity contribution in [3.63, 3.8) is 0 Å². The van der Waals surface area contributed by atoms with Crippen molar-refractivity contribution in [1.82, 2.24) is 15.5 Å². The number of nitrogens with zero attached hydrogens (tertiary/aromatic N) is 2. The van der Waals surface area contributed by atoms with Crippen LogP contribution in [0, 0.1) is 0 Å². The first-order valence-electron chi connectivity index (χ1n) is 6.56. The molecule has 1 aliphatic rings. The number of piperidine rings is 1. The molecule has 0 saturated carbocycles. The highest BCUT2D eigenvalue weighted by Gasteiger charge is 2.22. The predicted molar refractivity (Wildman–Crippen MR) is 71.1 cm³/mol. The summed E-state index contributed by atoms with van der Waals surface area (Å²) in [5, 5.41) is 7.42. The molecule has 1 aromatic heterocycles. The largest absolute Gasteiger partial charge is 0.496 e. The summed E-state index contributed by atoms with van der Waals surface area (Å²) in [6.45, 7) is 2.02. The SMILES string of the molecule is COc1ccccc1-c1noc(C2CCNCC2)n1. The van der Waals surface area contributed by atoms with E-state index in [1.54, 1.807) is 7.11 Å². The van der Waals surface area contributed by atoms with E-state index in [1.165, 1.54) is 0 Å². The lowest BCUT2D eigenvalue weighted by molar-refractivity contribution is 0.320. The normalized spacial score (nSPS) is 16.5. The zero-order valence-electron chi connectivity index (χ0n) is 10.9. The molecule has 2 heterocycles. The molecule has 3 rings (SSSR count). The molecule has 5 heteroatoms. The molecular weight excluding hydrogens is 242 g/mol. The second-order valence-electron chi connectivity index (χ2n) is 4.68. The van der Waals surface area contributed by atoms with Gasteiger partial charge in [0.2, 0.25) is 11.7 Å². The van der Waals surface area contributed by atoms with Crippen molar-refractivity contribution in [3.05, 3.63) is 30.2 Å². The van der Waals surface area contributed by atoms with Gasteiger partial charge in [-0.15, -0.1) is 0 Å². The molecule has 0 aliphatic carbocycles. The fourth-order valence-corrected chi connectivity index (χ4v) is 2.41. The van der Waals surface area contributed by atoms with E-state index in [2.05, 4.69) is 15.5 Å². The number of hydrogen-bond acceptors (Lipinski definition) is 5. The number of aromatic nitrogens is 2. The molecule has 0 amide bonds. The Hall–Kier alpha value is -1.88. The van der Waals surface area contributed by atoms with E-state index in [0.717, 1.165) is 43.1 Å². The van der Waals surface area contributed by atoms with Crippen molar-refractivity contribution >= 4 is 0 Å². The van der Waals surface area contributed by atoms with Gasteiger partial charge >= 0.3 is 0 Å². The molecule has 1 fully saturated rings. The van der Waals surface area contributed by atoms with Crippen LogP contribution in [0.4, 0.5) is 0 Å². The Bertz CT molecular complexity index is 547. The number of nitrogens with one attached hydrogen (secondary N) is 1. The molecule has 5 nitrogen and oxygen atoms in total. The van der Waals surface area contributed by atoms with Crippen molar-refractivity contribution in [1.29, 1.82) is 0 Å². The van der Waals surface area contributed by atoms with Gasteiger partial charge in [-0.25, -0.2) is 0 Å². The monoisotopic (exact) mass is 259 g/mol. The number of benzene rings is 1. The number of ether oxygens (including phenoxy) is 1. The van der Waals surface area contributed by atoms with Crippen molar-refractivity contribution in [2.24, 2.45) is 0 Å². The minimum atomic E-state index is 0.372. The molecular formula is C14H17N3O2. The van der Waals surface area contributed by atoms with Gasteiger partial charge in [0.05, 0.1) is 12.7 Å². The van der Waals surface area contributed by atoms with E-state index in [4.69, 9.17) is 9.26 Å². The first-order chi connectivity index (χ1) is 9.38. The molecule has 100 valence electrons. The lowest BCUT2D eigenvalue weighted by Crippen LogP contribution is -2.26. The predicted octanol–water partition coefficient (Wildman–Crippen LogP) is 2.21. The van der Waals surface area contributed by atoms with E-state index < -0.39 is 0 Å². The minimum Gasteiger partial charge on any atom is -0.496 e. The van der Waals surface area contributed by atoms with Gasteiger partial charge < -0.3 is 14.6 Å². The molecule has 1 aliphatic heterocycles. The number of hydrogen-bond donors (Lipinski definition) is 1. The van der Waals surface area contributed by atoms with Crippen LogP contribution in [0.2, 0.25) is 0 Å². The Morgan fingerprint density at radius 3 is 2.84 bits per heavy atom. The molecule has 2 aromatic rings. The summed E-state index contributed by atoms with van der Waals surface area (Å²) in [6.07, 6.45) is 2.10. The second kappa shape index (κ2) is 5.40. The van der Waals surface area contributed by atoms with E-state index >= 15 is 0 Å². The van der Waals surface area contributed by atoms with Crippen molar-refractivity contribution < 1.29 is 9.26 Å². The molecule has 0 atom stereocenters. The third kappa shape index (κ3) is 2.46. The summed E-state index contributed by atoms with van der Waals surface area (Å²) in [5.41, 5.74) is 0.869. The first kappa shape index (κ1) is 12.2. The Labute approximate surface area is 112 Å². The Balaban J connectivity index is 1.88. The Morgan fingerprint density at radius 2 is 2.05 bits per heavy atom. The lowest BCUT2D eigenvalue weighted by Gasteiger charge is -2.18. The van der Waals surface area contributed by atoms with Crippen molar-refractivity contribution in [2.45, 2.75) is 18.8 Å². The molecule has 19 heavy (non-hydrogen) atoms. The van der Waals surface area contributed by atoms with Gasteiger partial charge in [-0.1, -0.05) is 17.3 Å². The summed E-state index contributed by atoms with van der Waals surface area (Å²) in [6, 6.07) is 7.71. The summed E-state index contributed by atoms with van der Waals surface area (Å²) in [5.74, 6) is 2.48. The maximum Gasteiger partial charge on any atom is 0.230 e. The van der Waals surface area contributed by atoms with Gasteiger partial charge in [-0.3, -0.25) is 0 Å². The average molecular weight is 259 g/mol. The molecule has 0 radical (unpaired) electrons. The topological polar surface area (TPSA) is 60.2 Å². The third-order valence-electron chi connectivity index (χ3n) is 3.48. The standard InChI is InChI=1S/C14H17N3O2/c1-18-12-5-3-2-4-11(12)13-16-14(19-17-13)10-6-8-15-9-7-10/h2-5,10,15H,6-9H2,1H3. The molecule has 0 unspecified atom stereocenters. The average Bonchev–Trinajstić information content (AvgIpc) is 2.98. The van der Waals surface area contributed by atoms with Gasteiger partial charge in [0, 0.05) is 5.92 Å². The maximum atomic E-state index is 5.41. The zero-order valence-corrected chi connectivity index (χ0v) is 10.9. The van der Waals surface area contributed by atoms with Crippen LogP contribution in [0.25, 0.3) is 11.4 Å². The van der Waals surface area contributed by atoms with Crippen LogP contribution in [0.3, 0.4) is 0 Å². The summed E-state index contributed by atoms with van der Waals surface area (Å²) in [7, 11) is 1.65. The molecule has 1 saturated heterocycles. The van der Waals surface area contributed by atoms with Crippen LogP contribution in [-0.2, 0) is 0 Å². The first-order valence-corrected chi connectivity index (χ1v) is 6.56. The molecule has 0 bridgehead atoms. The van der Waals surface area contributed by atoms with Gasteiger partial charge in [0.15, 0.2) is 0 Å². The van der Waals surface area contributed by atoms with E-state index in [0.29, 0.717) is 11.7 Å². The number of rotatable bonds is 3. The van der Waals surface area contributed by atoms with Crippen LogP contribution >= 0.6 is 0 Å². The number of para-hydroxylation sites is 1. The van der Waals surface area contributed by atoms with Crippen LogP contribution in [0.15, 0.2) is 28.8 Å². The maximum absolute atomic E-state index is 5.41. The lowest BCUT2D eigenvalue weighted by atomic mass is 9.98. The summed E-state index contributed by atoms with van der Waals surface area (Å²) < 4.78 is 10.7. The highest BCUT2D eigenvalue weighted by atomic mass is 16.5. The van der Waals surface area contributed by atoms with E-state index in [-0.39, 0.29) is 0 Å². The van der Waals surface area contributed by atoms with E-state index in [1.807, 2.05) is 24.3 Å². The zero-order chi connectivity index (χ0) is 13.1. The molecule has 1 aromatic carbocycles. The van der Waals surface area contributed by atoms with Crippen LogP contribution in [-0.4, -0.2) is 30.3 Å². The fourth-order valence-electron chi connectivity index (χ4n) is 2.41. The summed E-state index contributed by atoms with van der Waals surface area (Å²) in [4.78, 5) is 4.53. The van der Waals surface area contributed by atoms with Crippen LogP contribution in [0.1, 0.15) is 24.7 Å². The van der Waals surface area contributed by atoms with Gasteiger partial charge in [-0.05, 0) is 38.1 Å². The summed E-state index contributed by atoms with van der Waals surface area (Å²) >= 11 is 0. The quantitative estimate of drug-likeness (QED) is 0.915. The minimum absolute atomic E-state index is 0.372. The van der Waals surface area contributed by atoms with Crippen LogP contribution < -0.4 is 10.1 Å². The van der Waals surface area contributed by atoms with Gasteiger partial charge in [0.1, 0.15) is 5.75 Å². The third-order valence-corrected chi connectivity index (χ3v) is 3.48. The van der Waals surface area contributed by atoms with Gasteiger partial charge in [0.25, 0.3) is 0 Å². The second-order valence-corrected chi connectivity index (χ2v) is 4.68. The van der Waals surface area contributed by atoms with Gasteiger partial charge in [-0.2, -0.15) is 4.98 Å². The van der Waals surface area contributed by atoms with E-state index in [9.17, 15) is 0 Å².